The van der Waals surface area contributed by atoms with Crippen LogP contribution in [0.4, 0.5) is 5.69 Å². The lowest BCUT2D eigenvalue weighted by atomic mass is 9.97. The summed E-state index contributed by atoms with van der Waals surface area (Å²) in [6, 6.07) is 12.0. The standard InChI is InChI=1S/C20H23N3O5S/c1-13(24)23-19(17-11-16(27-2)9-10-20(17)28-3)12-18(21-23)14-5-7-15(8-6-14)22-29(4,25)26/h5-11,19,22H,12H2,1-4H3. The van der Waals surface area contributed by atoms with Gasteiger partial charge in [-0.05, 0) is 35.9 Å². The zero-order valence-electron chi connectivity index (χ0n) is 16.7. The summed E-state index contributed by atoms with van der Waals surface area (Å²) in [5.74, 6) is 1.12. The maximum absolute atomic E-state index is 12.2. The van der Waals surface area contributed by atoms with Gasteiger partial charge in [0.2, 0.25) is 15.9 Å². The Balaban J connectivity index is 1.93. The summed E-state index contributed by atoms with van der Waals surface area (Å²) >= 11 is 0. The lowest BCUT2D eigenvalue weighted by Gasteiger charge is -2.22. The maximum atomic E-state index is 12.2. The first-order valence-corrected chi connectivity index (χ1v) is 10.8. The van der Waals surface area contributed by atoms with E-state index in [-0.39, 0.29) is 11.9 Å². The number of carbonyl (C=O) groups is 1. The van der Waals surface area contributed by atoms with Gasteiger partial charge in [0.15, 0.2) is 0 Å². The molecule has 1 aliphatic heterocycles. The van der Waals surface area contributed by atoms with E-state index >= 15 is 0 Å². The van der Waals surface area contributed by atoms with Crippen molar-refractivity contribution in [2.24, 2.45) is 5.10 Å². The van der Waals surface area contributed by atoms with Gasteiger partial charge in [0.05, 0.1) is 32.2 Å². The Morgan fingerprint density at radius 3 is 2.38 bits per heavy atom. The molecule has 0 saturated heterocycles. The molecule has 0 radical (unpaired) electrons. The lowest BCUT2D eigenvalue weighted by molar-refractivity contribution is -0.130. The number of carbonyl (C=O) groups excluding carboxylic acids is 1. The second kappa shape index (κ2) is 8.12. The fraction of sp³-hybridized carbons (Fsp3) is 0.300. The second-order valence-corrected chi connectivity index (χ2v) is 8.44. The predicted octanol–water partition coefficient (Wildman–Crippen LogP) is 2.77. The molecular weight excluding hydrogens is 394 g/mol. The van der Waals surface area contributed by atoms with E-state index in [1.807, 2.05) is 6.07 Å². The van der Waals surface area contributed by atoms with Crippen LogP contribution in [0.2, 0.25) is 0 Å². The van der Waals surface area contributed by atoms with E-state index in [4.69, 9.17) is 9.47 Å². The Hall–Kier alpha value is -3.07. The van der Waals surface area contributed by atoms with Crippen LogP contribution in [0.1, 0.15) is 30.5 Å². The number of methoxy groups -OCH3 is 2. The molecule has 0 fully saturated rings. The highest BCUT2D eigenvalue weighted by Gasteiger charge is 2.33. The Bertz CT molecular complexity index is 1050. The Morgan fingerprint density at radius 2 is 1.83 bits per heavy atom. The summed E-state index contributed by atoms with van der Waals surface area (Å²) in [6.07, 6.45) is 1.58. The van der Waals surface area contributed by atoms with Crippen LogP contribution in [0.5, 0.6) is 11.5 Å². The molecule has 2 aromatic carbocycles. The summed E-state index contributed by atoms with van der Waals surface area (Å²) in [5, 5.41) is 5.96. The predicted molar refractivity (Wildman–Crippen MR) is 111 cm³/mol. The smallest absolute Gasteiger partial charge is 0.240 e. The fourth-order valence-electron chi connectivity index (χ4n) is 3.26. The molecule has 1 amide bonds. The summed E-state index contributed by atoms with van der Waals surface area (Å²) in [7, 11) is -0.190. The molecule has 0 bridgehead atoms. The molecule has 2 aromatic rings. The molecule has 1 N–H and O–H groups in total. The van der Waals surface area contributed by atoms with Gasteiger partial charge < -0.3 is 9.47 Å². The third-order valence-corrected chi connectivity index (χ3v) is 5.16. The van der Waals surface area contributed by atoms with Crippen LogP contribution < -0.4 is 14.2 Å². The molecular formula is C20H23N3O5S. The van der Waals surface area contributed by atoms with E-state index < -0.39 is 10.0 Å². The number of nitrogens with one attached hydrogen (secondary N) is 1. The lowest BCUT2D eigenvalue weighted by Crippen LogP contribution is -2.24. The van der Waals surface area contributed by atoms with E-state index in [0.717, 1.165) is 23.1 Å². The molecule has 3 rings (SSSR count). The van der Waals surface area contributed by atoms with Crippen LogP contribution >= 0.6 is 0 Å². The van der Waals surface area contributed by atoms with Gasteiger partial charge in [-0.25, -0.2) is 13.4 Å². The molecule has 154 valence electrons. The molecule has 9 heteroatoms. The molecule has 1 aliphatic rings. The monoisotopic (exact) mass is 417 g/mol. The minimum absolute atomic E-state index is 0.190. The number of amides is 1. The van der Waals surface area contributed by atoms with Crippen molar-refractivity contribution in [1.82, 2.24) is 5.01 Å². The van der Waals surface area contributed by atoms with Crippen LogP contribution in [0.3, 0.4) is 0 Å². The normalized spacial score (nSPS) is 16.3. The van der Waals surface area contributed by atoms with Gasteiger partial charge in [0, 0.05) is 24.6 Å². The first-order valence-electron chi connectivity index (χ1n) is 8.89. The first-order chi connectivity index (χ1) is 13.7. The van der Waals surface area contributed by atoms with E-state index in [0.29, 0.717) is 23.6 Å². The Kier molecular flexibility index (Phi) is 5.78. The second-order valence-electron chi connectivity index (χ2n) is 6.69. The average Bonchev–Trinajstić information content (AvgIpc) is 3.12. The van der Waals surface area contributed by atoms with Crippen molar-refractivity contribution in [1.29, 1.82) is 0 Å². The van der Waals surface area contributed by atoms with Crippen molar-refractivity contribution in [3.8, 4) is 11.5 Å². The van der Waals surface area contributed by atoms with Crippen LogP contribution in [0.15, 0.2) is 47.6 Å². The number of hydrogen-bond acceptors (Lipinski definition) is 6. The number of hydrogen-bond donors (Lipinski definition) is 1. The SMILES string of the molecule is COc1ccc(OC)c(C2CC(c3ccc(NS(C)(=O)=O)cc3)=NN2C(C)=O)c1. The van der Waals surface area contributed by atoms with Gasteiger partial charge in [-0.15, -0.1) is 0 Å². The topological polar surface area (TPSA) is 97.3 Å². The van der Waals surface area contributed by atoms with Crippen molar-refractivity contribution in [2.75, 3.05) is 25.2 Å². The molecule has 0 saturated carbocycles. The van der Waals surface area contributed by atoms with Crippen molar-refractivity contribution < 1.29 is 22.7 Å². The quantitative estimate of drug-likeness (QED) is 0.779. The minimum Gasteiger partial charge on any atom is -0.497 e. The Labute approximate surface area is 170 Å². The molecule has 1 heterocycles. The van der Waals surface area contributed by atoms with E-state index in [1.54, 1.807) is 50.6 Å². The first kappa shape index (κ1) is 20.7. The molecule has 1 atom stereocenters. The number of nitrogens with zero attached hydrogens (tertiary/aromatic N) is 2. The highest BCUT2D eigenvalue weighted by atomic mass is 32.2. The van der Waals surface area contributed by atoms with Gasteiger partial charge in [0.1, 0.15) is 11.5 Å². The number of anilines is 1. The van der Waals surface area contributed by atoms with Gasteiger partial charge in [-0.1, -0.05) is 12.1 Å². The van der Waals surface area contributed by atoms with Crippen molar-refractivity contribution in [2.45, 2.75) is 19.4 Å². The zero-order chi connectivity index (χ0) is 21.2. The minimum atomic E-state index is -3.35. The van der Waals surface area contributed by atoms with Crippen LogP contribution in [0.25, 0.3) is 0 Å². The average molecular weight is 417 g/mol. The van der Waals surface area contributed by atoms with E-state index in [9.17, 15) is 13.2 Å². The van der Waals surface area contributed by atoms with Gasteiger partial charge in [-0.3, -0.25) is 9.52 Å². The summed E-state index contributed by atoms with van der Waals surface area (Å²) in [6.45, 7) is 1.46. The van der Waals surface area contributed by atoms with Crippen LogP contribution in [0, 0.1) is 0 Å². The zero-order valence-corrected chi connectivity index (χ0v) is 17.5. The van der Waals surface area contributed by atoms with E-state index in [2.05, 4.69) is 9.82 Å². The molecule has 0 aromatic heterocycles. The van der Waals surface area contributed by atoms with E-state index in [1.165, 1.54) is 11.9 Å². The van der Waals surface area contributed by atoms with Crippen molar-refractivity contribution >= 4 is 27.3 Å². The molecule has 0 aliphatic carbocycles. The summed E-state index contributed by atoms with van der Waals surface area (Å²) in [4.78, 5) is 12.2. The fourth-order valence-corrected chi connectivity index (χ4v) is 3.83. The highest BCUT2D eigenvalue weighted by molar-refractivity contribution is 7.92. The number of ether oxygens (including phenoxy) is 2. The van der Waals surface area contributed by atoms with Crippen LogP contribution in [-0.4, -0.2) is 45.5 Å². The number of hydrazone groups is 1. The van der Waals surface area contributed by atoms with Crippen molar-refractivity contribution in [3.63, 3.8) is 0 Å². The van der Waals surface area contributed by atoms with Gasteiger partial charge in [-0.2, -0.15) is 5.10 Å². The summed E-state index contributed by atoms with van der Waals surface area (Å²) in [5.41, 5.74) is 2.79. The third-order valence-electron chi connectivity index (χ3n) is 4.55. The number of rotatable bonds is 6. The Morgan fingerprint density at radius 1 is 1.14 bits per heavy atom. The third kappa shape index (κ3) is 4.68. The maximum Gasteiger partial charge on any atom is 0.240 e. The van der Waals surface area contributed by atoms with Gasteiger partial charge in [0.25, 0.3) is 0 Å². The molecule has 8 nitrogen and oxygen atoms in total. The van der Waals surface area contributed by atoms with Gasteiger partial charge >= 0.3 is 0 Å². The van der Waals surface area contributed by atoms with Crippen LogP contribution in [-0.2, 0) is 14.8 Å². The molecule has 1 unspecified atom stereocenters. The largest absolute Gasteiger partial charge is 0.497 e. The number of sulfonamides is 1. The molecule has 29 heavy (non-hydrogen) atoms. The number of benzene rings is 2. The molecule has 0 spiro atoms. The summed E-state index contributed by atoms with van der Waals surface area (Å²) < 4.78 is 36.0. The van der Waals surface area contributed by atoms with Crippen molar-refractivity contribution in [3.05, 3.63) is 53.6 Å². The highest BCUT2D eigenvalue weighted by Crippen LogP contribution is 2.39.